The third kappa shape index (κ3) is 4.87. The predicted octanol–water partition coefficient (Wildman–Crippen LogP) is 5.80. The van der Waals surface area contributed by atoms with Gasteiger partial charge >= 0.3 is 0 Å². The zero-order chi connectivity index (χ0) is 17.6. The Morgan fingerprint density at radius 3 is 2.32 bits per heavy atom. The lowest BCUT2D eigenvalue weighted by Crippen LogP contribution is -2.01. The summed E-state index contributed by atoms with van der Waals surface area (Å²) in [5, 5.41) is 3.48. The number of nitrogens with one attached hydrogen (secondary N) is 1. The van der Waals surface area contributed by atoms with Crippen LogP contribution in [0.5, 0.6) is 5.75 Å². The van der Waals surface area contributed by atoms with Gasteiger partial charge in [-0.25, -0.2) is 0 Å². The summed E-state index contributed by atoms with van der Waals surface area (Å²) in [6.45, 7) is 7.74. The molecule has 0 bridgehead atoms. The van der Waals surface area contributed by atoms with E-state index in [1.165, 1.54) is 27.8 Å². The molecular formula is C23H25NO. The maximum atomic E-state index is 5.93. The van der Waals surface area contributed by atoms with Gasteiger partial charge in [0.2, 0.25) is 0 Å². The number of aryl methyl sites for hydroxylation is 3. The van der Waals surface area contributed by atoms with Crippen LogP contribution in [0.4, 0.5) is 5.69 Å². The molecule has 128 valence electrons. The van der Waals surface area contributed by atoms with Gasteiger partial charge in [0, 0.05) is 12.2 Å². The molecule has 3 aromatic carbocycles. The molecular weight excluding hydrogens is 306 g/mol. The molecule has 0 aliphatic carbocycles. The van der Waals surface area contributed by atoms with Crippen molar-refractivity contribution in [1.82, 2.24) is 0 Å². The second-order valence-electron chi connectivity index (χ2n) is 6.57. The Hall–Kier alpha value is -2.74. The fourth-order valence-electron chi connectivity index (χ4n) is 2.65. The van der Waals surface area contributed by atoms with Crippen molar-refractivity contribution in [1.29, 1.82) is 0 Å². The normalized spacial score (nSPS) is 10.5. The van der Waals surface area contributed by atoms with E-state index >= 15 is 0 Å². The summed E-state index contributed by atoms with van der Waals surface area (Å²) in [7, 11) is 0. The number of anilines is 1. The van der Waals surface area contributed by atoms with Gasteiger partial charge in [0.25, 0.3) is 0 Å². The van der Waals surface area contributed by atoms with Gasteiger partial charge in [-0.15, -0.1) is 0 Å². The van der Waals surface area contributed by atoms with Gasteiger partial charge in [0.1, 0.15) is 12.4 Å². The van der Waals surface area contributed by atoms with Gasteiger partial charge in [-0.05, 0) is 67.3 Å². The summed E-state index contributed by atoms with van der Waals surface area (Å²) in [4.78, 5) is 0. The van der Waals surface area contributed by atoms with Gasteiger partial charge in [-0.1, -0.05) is 48.0 Å². The van der Waals surface area contributed by atoms with Crippen molar-refractivity contribution in [3.05, 3.63) is 94.5 Å². The van der Waals surface area contributed by atoms with Crippen LogP contribution in [0.15, 0.2) is 66.7 Å². The number of ether oxygens (including phenoxy) is 1. The van der Waals surface area contributed by atoms with Crippen molar-refractivity contribution in [3.8, 4) is 5.75 Å². The van der Waals surface area contributed by atoms with E-state index in [2.05, 4.69) is 80.7 Å². The first kappa shape index (κ1) is 17.1. The maximum Gasteiger partial charge on any atom is 0.120 e. The summed E-state index contributed by atoms with van der Waals surface area (Å²) >= 11 is 0. The van der Waals surface area contributed by atoms with Crippen molar-refractivity contribution in [3.63, 3.8) is 0 Å². The third-order valence-electron chi connectivity index (χ3n) is 4.43. The van der Waals surface area contributed by atoms with Crippen LogP contribution >= 0.6 is 0 Å². The Bertz CT molecular complexity index is 837. The van der Waals surface area contributed by atoms with Gasteiger partial charge in [-0.2, -0.15) is 0 Å². The first-order valence-electron chi connectivity index (χ1n) is 8.68. The molecule has 3 rings (SSSR count). The highest BCUT2D eigenvalue weighted by molar-refractivity contribution is 5.48. The molecule has 0 amide bonds. The first-order chi connectivity index (χ1) is 12.1. The second kappa shape index (κ2) is 7.89. The highest BCUT2D eigenvalue weighted by Gasteiger charge is 2.00. The highest BCUT2D eigenvalue weighted by atomic mass is 16.5. The van der Waals surface area contributed by atoms with Crippen molar-refractivity contribution < 1.29 is 4.74 Å². The Balaban J connectivity index is 1.59. The van der Waals surface area contributed by atoms with Crippen molar-refractivity contribution >= 4 is 5.69 Å². The molecule has 0 heterocycles. The van der Waals surface area contributed by atoms with Crippen LogP contribution in [0.25, 0.3) is 0 Å². The summed E-state index contributed by atoms with van der Waals surface area (Å²) < 4.78 is 5.93. The molecule has 25 heavy (non-hydrogen) atoms. The molecule has 2 nitrogen and oxygen atoms in total. The maximum absolute atomic E-state index is 5.93. The van der Waals surface area contributed by atoms with E-state index in [0.29, 0.717) is 6.61 Å². The van der Waals surface area contributed by atoms with Crippen molar-refractivity contribution in [2.45, 2.75) is 33.9 Å². The number of benzene rings is 3. The molecule has 0 aromatic heterocycles. The van der Waals surface area contributed by atoms with E-state index in [1.807, 2.05) is 12.1 Å². The molecule has 0 radical (unpaired) electrons. The molecule has 1 N–H and O–H groups in total. The Labute approximate surface area is 150 Å². The smallest absolute Gasteiger partial charge is 0.120 e. The van der Waals surface area contributed by atoms with Crippen LogP contribution in [0.2, 0.25) is 0 Å². The predicted molar refractivity (Wildman–Crippen MR) is 105 cm³/mol. The summed E-state index contributed by atoms with van der Waals surface area (Å²) in [6.07, 6.45) is 0. The van der Waals surface area contributed by atoms with Gasteiger partial charge < -0.3 is 10.1 Å². The molecule has 2 heteroatoms. The van der Waals surface area contributed by atoms with Crippen LogP contribution in [-0.2, 0) is 13.2 Å². The molecule has 0 aliphatic heterocycles. The SMILES string of the molecule is Cc1ccc(COc2cccc(CNc3ccc(C)c(C)c3)c2)cc1. The van der Waals surface area contributed by atoms with Gasteiger partial charge in [0.15, 0.2) is 0 Å². The fraction of sp³-hybridized carbons (Fsp3) is 0.217. The van der Waals surface area contributed by atoms with E-state index in [9.17, 15) is 0 Å². The molecule has 0 fully saturated rings. The first-order valence-corrected chi connectivity index (χ1v) is 8.68. The minimum absolute atomic E-state index is 0.592. The molecule has 0 unspecified atom stereocenters. The summed E-state index contributed by atoms with van der Waals surface area (Å²) in [6, 6.07) is 23.2. The molecule has 0 saturated heterocycles. The fourth-order valence-corrected chi connectivity index (χ4v) is 2.65. The Kier molecular flexibility index (Phi) is 5.39. The van der Waals surface area contributed by atoms with Gasteiger partial charge in [-0.3, -0.25) is 0 Å². The minimum Gasteiger partial charge on any atom is -0.489 e. The quantitative estimate of drug-likeness (QED) is 0.616. The van der Waals surface area contributed by atoms with Crippen molar-refractivity contribution in [2.75, 3.05) is 5.32 Å². The second-order valence-corrected chi connectivity index (χ2v) is 6.57. The third-order valence-corrected chi connectivity index (χ3v) is 4.43. The Morgan fingerprint density at radius 1 is 0.760 bits per heavy atom. The van der Waals surface area contributed by atoms with Gasteiger partial charge in [0.05, 0.1) is 0 Å². The number of rotatable bonds is 6. The van der Waals surface area contributed by atoms with Crippen LogP contribution < -0.4 is 10.1 Å². The standard InChI is InChI=1S/C23H25NO/c1-17-7-10-20(11-8-17)16-25-23-6-4-5-21(14-23)15-24-22-12-9-18(2)19(3)13-22/h4-14,24H,15-16H2,1-3H3. The molecule has 0 aliphatic rings. The largest absolute Gasteiger partial charge is 0.489 e. The van der Waals surface area contributed by atoms with Crippen molar-refractivity contribution in [2.24, 2.45) is 0 Å². The lowest BCUT2D eigenvalue weighted by molar-refractivity contribution is 0.306. The molecule has 0 atom stereocenters. The number of hydrogen-bond donors (Lipinski definition) is 1. The van der Waals surface area contributed by atoms with Crippen LogP contribution in [-0.4, -0.2) is 0 Å². The summed E-state index contributed by atoms with van der Waals surface area (Å²) in [5.74, 6) is 0.903. The Morgan fingerprint density at radius 2 is 1.56 bits per heavy atom. The average molecular weight is 331 g/mol. The van der Waals surface area contributed by atoms with E-state index in [-0.39, 0.29) is 0 Å². The average Bonchev–Trinajstić information content (AvgIpc) is 2.63. The van der Waals surface area contributed by atoms with Crippen LogP contribution in [0.3, 0.4) is 0 Å². The zero-order valence-corrected chi connectivity index (χ0v) is 15.2. The van der Waals surface area contributed by atoms with Crippen LogP contribution in [0.1, 0.15) is 27.8 Å². The lowest BCUT2D eigenvalue weighted by atomic mass is 10.1. The molecule has 0 spiro atoms. The number of hydrogen-bond acceptors (Lipinski definition) is 2. The molecule has 0 saturated carbocycles. The summed E-state index contributed by atoms with van der Waals surface area (Å²) in [5.41, 5.74) is 7.43. The lowest BCUT2D eigenvalue weighted by Gasteiger charge is -2.11. The van der Waals surface area contributed by atoms with E-state index < -0.39 is 0 Å². The minimum atomic E-state index is 0.592. The van der Waals surface area contributed by atoms with E-state index in [1.54, 1.807) is 0 Å². The highest BCUT2D eigenvalue weighted by Crippen LogP contribution is 2.18. The zero-order valence-electron chi connectivity index (χ0n) is 15.2. The van der Waals surface area contributed by atoms with E-state index in [0.717, 1.165) is 18.0 Å². The topological polar surface area (TPSA) is 21.3 Å². The van der Waals surface area contributed by atoms with Crippen LogP contribution in [0, 0.1) is 20.8 Å². The van der Waals surface area contributed by atoms with E-state index in [4.69, 9.17) is 4.74 Å². The monoisotopic (exact) mass is 331 g/mol. The molecule has 3 aromatic rings.